The van der Waals surface area contributed by atoms with Gasteiger partial charge >= 0.3 is 0 Å². The van der Waals surface area contributed by atoms with Crippen LogP contribution in [0.1, 0.15) is 20.8 Å². The molecule has 2 aromatic carbocycles. The molecule has 0 saturated carbocycles. The van der Waals surface area contributed by atoms with Gasteiger partial charge in [0.15, 0.2) is 20.4 Å². The van der Waals surface area contributed by atoms with Crippen LogP contribution in [-0.2, 0) is 0 Å². The van der Waals surface area contributed by atoms with E-state index in [1.54, 1.807) is 6.20 Å². The third-order valence-electron chi connectivity index (χ3n) is 6.95. The molecule has 5 rings (SSSR count). The van der Waals surface area contributed by atoms with E-state index >= 15 is 0 Å². The average molecular weight is 468 g/mol. The standard InChI is InChI=1S/C28H29N3O2Si/c1-28(2,3)34(4,5)31-18-24(26-17-29-19-32-26)23-15-20(16-30-27(23)31)22-13-9-10-14-25(22)33-21-11-7-6-8-12-21/h6-19H,1-5H3. The first kappa shape index (κ1) is 22.2. The molecule has 0 bridgehead atoms. The maximum absolute atomic E-state index is 6.23. The van der Waals surface area contributed by atoms with Crippen LogP contribution >= 0.6 is 0 Å². The Kier molecular flexibility index (Phi) is 5.41. The van der Waals surface area contributed by atoms with Crippen molar-refractivity contribution in [1.82, 2.24) is 14.2 Å². The molecule has 0 spiro atoms. The molecule has 0 fully saturated rings. The highest BCUT2D eigenvalue weighted by Gasteiger charge is 2.39. The van der Waals surface area contributed by atoms with Gasteiger partial charge in [-0.1, -0.05) is 70.3 Å². The second kappa shape index (κ2) is 8.29. The maximum atomic E-state index is 6.23. The average Bonchev–Trinajstić information content (AvgIpc) is 3.47. The topological polar surface area (TPSA) is 53.1 Å². The number of nitrogens with zero attached hydrogens (tertiary/aromatic N) is 3. The predicted octanol–water partition coefficient (Wildman–Crippen LogP) is 8.00. The zero-order chi connectivity index (χ0) is 23.9. The van der Waals surface area contributed by atoms with Crippen molar-refractivity contribution < 1.29 is 9.15 Å². The molecule has 0 aliphatic heterocycles. The largest absolute Gasteiger partial charge is 0.457 e. The van der Waals surface area contributed by atoms with Gasteiger partial charge in [0.1, 0.15) is 17.1 Å². The van der Waals surface area contributed by atoms with Crippen molar-refractivity contribution in [3.8, 4) is 33.9 Å². The van der Waals surface area contributed by atoms with Crippen LogP contribution in [0.4, 0.5) is 0 Å². The fourth-order valence-corrected chi connectivity index (χ4v) is 5.88. The van der Waals surface area contributed by atoms with Gasteiger partial charge in [0.05, 0.1) is 6.20 Å². The summed E-state index contributed by atoms with van der Waals surface area (Å²) in [6.07, 6.45) is 7.39. The van der Waals surface area contributed by atoms with Crippen LogP contribution in [0.15, 0.2) is 90.1 Å². The lowest BCUT2D eigenvalue weighted by Gasteiger charge is -2.38. The minimum absolute atomic E-state index is 0.147. The number of para-hydroxylation sites is 2. The first-order valence-electron chi connectivity index (χ1n) is 11.5. The highest BCUT2D eigenvalue weighted by Crippen LogP contribution is 2.42. The normalized spacial score (nSPS) is 12.3. The van der Waals surface area contributed by atoms with Crippen LogP contribution in [0.2, 0.25) is 18.1 Å². The lowest BCUT2D eigenvalue weighted by molar-refractivity contribution is 0.484. The van der Waals surface area contributed by atoms with Crippen molar-refractivity contribution >= 4 is 19.3 Å². The summed E-state index contributed by atoms with van der Waals surface area (Å²) in [7, 11) is -1.93. The van der Waals surface area contributed by atoms with E-state index in [4.69, 9.17) is 14.1 Å². The highest BCUT2D eigenvalue weighted by molar-refractivity contribution is 6.79. The van der Waals surface area contributed by atoms with E-state index in [-0.39, 0.29) is 5.04 Å². The summed E-state index contributed by atoms with van der Waals surface area (Å²) in [5, 5.41) is 1.20. The molecule has 0 unspecified atom stereocenters. The van der Waals surface area contributed by atoms with Gasteiger partial charge in [-0.3, -0.25) is 0 Å². The minimum atomic E-state index is -1.93. The Hall–Kier alpha value is -3.64. The Morgan fingerprint density at radius 2 is 1.65 bits per heavy atom. The molecule has 0 saturated heterocycles. The molecule has 172 valence electrons. The molecule has 5 nitrogen and oxygen atoms in total. The monoisotopic (exact) mass is 467 g/mol. The first-order valence-corrected chi connectivity index (χ1v) is 14.4. The summed E-state index contributed by atoms with van der Waals surface area (Å²) < 4.78 is 14.4. The summed E-state index contributed by atoms with van der Waals surface area (Å²) in [4.78, 5) is 9.16. The number of fused-ring (bicyclic) bond motifs is 1. The van der Waals surface area contributed by atoms with Gasteiger partial charge in [-0.25, -0.2) is 9.97 Å². The second-order valence-corrected chi connectivity index (χ2v) is 15.2. The number of hydrogen-bond donors (Lipinski definition) is 0. The van der Waals surface area contributed by atoms with Gasteiger partial charge in [0.25, 0.3) is 0 Å². The van der Waals surface area contributed by atoms with E-state index in [1.807, 2.05) is 54.7 Å². The van der Waals surface area contributed by atoms with Gasteiger partial charge in [-0.05, 0) is 29.3 Å². The minimum Gasteiger partial charge on any atom is -0.457 e. The fourth-order valence-electron chi connectivity index (χ4n) is 4.00. The Morgan fingerprint density at radius 3 is 2.35 bits per heavy atom. The highest BCUT2D eigenvalue weighted by atomic mass is 28.3. The molecule has 0 aliphatic rings. The number of benzene rings is 2. The number of hydrogen-bond acceptors (Lipinski definition) is 4. The van der Waals surface area contributed by atoms with E-state index in [0.717, 1.165) is 45.0 Å². The molecule has 0 N–H and O–H groups in total. The quantitative estimate of drug-likeness (QED) is 0.246. The molecule has 5 aromatic rings. The van der Waals surface area contributed by atoms with Crippen LogP contribution in [0, 0.1) is 0 Å². The van der Waals surface area contributed by atoms with E-state index in [2.05, 4.69) is 61.4 Å². The van der Waals surface area contributed by atoms with Crippen molar-refractivity contribution in [3.63, 3.8) is 0 Å². The summed E-state index contributed by atoms with van der Waals surface area (Å²) in [5.74, 6) is 2.34. The van der Waals surface area contributed by atoms with E-state index < -0.39 is 8.24 Å². The van der Waals surface area contributed by atoms with Crippen molar-refractivity contribution in [2.45, 2.75) is 38.9 Å². The van der Waals surface area contributed by atoms with Gasteiger partial charge in [-0.2, -0.15) is 0 Å². The van der Waals surface area contributed by atoms with Crippen LogP contribution in [0.25, 0.3) is 33.5 Å². The summed E-state index contributed by atoms with van der Waals surface area (Å²) in [5.41, 5.74) is 3.97. The molecular formula is C28H29N3O2Si. The number of aromatic nitrogens is 3. The van der Waals surface area contributed by atoms with Crippen molar-refractivity contribution in [2.24, 2.45) is 0 Å². The zero-order valence-electron chi connectivity index (χ0n) is 20.2. The Bertz CT molecular complexity index is 1430. The van der Waals surface area contributed by atoms with Gasteiger partial charge in [0, 0.05) is 34.5 Å². The fraction of sp³-hybridized carbons (Fsp3) is 0.214. The summed E-state index contributed by atoms with van der Waals surface area (Å²) in [6, 6.07) is 20.1. The molecule has 3 heterocycles. The van der Waals surface area contributed by atoms with Crippen molar-refractivity contribution in [2.75, 3.05) is 0 Å². The third-order valence-corrected chi connectivity index (χ3v) is 12.2. The Morgan fingerprint density at radius 1 is 0.912 bits per heavy atom. The van der Waals surface area contributed by atoms with Crippen LogP contribution in [0.3, 0.4) is 0 Å². The molecular weight excluding hydrogens is 438 g/mol. The van der Waals surface area contributed by atoms with E-state index in [9.17, 15) is 0 Å². The summed E-state index contributed by atoms with van der Waals surface area (Å²) >= 11 is 0. The van der Waals surface area contributed by atoms with Crippen LogP contribution in [0.5, 0.6) is 11.5 Å². The number of ether oxygens (including phenoxy) is 1. The van der Waals surface area contributed by atoms with E-state index in [0.29, 0.717) is 0 Å². The molecule has 0 radical (unpaired) electrons. The van der Waals surface area contributed by atoms with Gasteiger partial charge in [0.2, 0.25) is 0 Å². The number of pyridine rings is 1. The maximum Gasteiger partial charge on any atom is 0.181 e. The molecule has 0 aliphatic carbocycles. The Labute approximate surface area is 201 Å². The zero-order valence-corrected chi connectivity index (χ0v) is 21.2. The molecule has 6 heteroatoms. The lowest BCUT2D eigenvalue weighted by Crippen LogP contribution is -2.45. The summed E-state index contributed by atoms with van der Waals surface area (Å²) in [6.45, 7) is 11.7. The van der Waals surface area contributed by atoms with Crippen LogP contribution in [-0.4, -0.2) is 22.4 Å². The Balaban J connectivity index is 1.69. The number of oxazole rings is 1. The smallest absolute Gasteiger partial charge is 0.181 e. The predicted molar refractivity (Wildman–Crippen MR) is 140 cm³/mol. The lowest BCUT2D eigenvalue weighted by atomic mass is 10.0. The van der Waals surface area contributed by atoms with Gasteiger partial charge < -0.3 is 13.4 Å². The third kappa shape index (κ3) is 3.84. The van der Waals surface area contributed by atoms with Crippen molar-refractivity contribution in [3.05, 3.63) is 85.6 Å². The van der Waals surface area contributed by atoms with E-state index in [1.165, 1.54) is 6.39 Å². The van der Waals surface area contributed by atoms with Crippen LogP contribution < -0.4 is 4.74 Å². The molecule has 0 atom stereocenters. The first-order chi connectivity index (χ1) is 16.3. The SMILES string of the molecule is CC(C)(C)[Si](C)(C)n1cc(-c2cnco2)c2cc(-c3ccccc3Oc3ccccc3)cnc21. The molecule has 34 heavy (non-hydrogen) atoms. The molecule has 0 amide bonds. The van der Waals surface area contributed by atoms with Crippen molar-refractivity contribution in [1.29, 1.82) is 0 Å². The second-order valence-electron chi connectivity index (χ2n) is 10.1. The molecule has 3 aromatic heterocycles. The number of rotatable bonds is 5. The van der Waals surface area contributed by atoms with Gasteiger partial charge in [-0.15, -0.1) is 0 Å².